The topological polar surface area (TPSA) is 63.2 Å². The molecule has 0 spiro atoms. The normalized spacial score (nSPS) is 11.9. The number of sulfonamides is 1. The molecular weight excluding hydrogens is 178 g/mol. The van der Waals surface area contributed by atoms with Gasteiger partial charge in [0.1, 0.15) is 0 Å². The van der Waals surface area contributed by atoms with Gasteiger partial charge in [-0.25, -0.2) is 17.7 Å². The molecule has 0 N–H and O–H groups in total. The molecule has 0 aliphatic heterocycles. The Hall–Kier alpha value is -1.01. The van der Waals surface area contributed by atoms with Crippen LogP contribution in [-0.2, 0) is 10.0 Å². The van der Waals surface area contributed by atoms with Crippen LogP contribution in [0.25, 0.3) is 0 Å². The zero-order chi connectivity index (χ0) is 9.19. The van der Waals surface area contributed by atoms with Crippen molar-refractivity contribution < 1.29 is 8.42 Å². The van der Waals surface area contributed by atoms with E-state index in [2.05, 4.69) is 9.97 Å². The van der Waals surface area contributed by atoms with E-state index in [9.17, 15) is 8.42 Å². The molecule has 0 bridgehead atoms. The fourth-order valence-corrected chi connectivity index (χ4v) is 1.37. The maximum absolute atomic E-state index is 11.4. The van der Waals surface area contributed by atoms with Gasteiger partial charge in [-0.1, -0.05) is 0 Å². The molecule has 6 heteroatoms. The molecule has 66 valence electrons. The van der Waals surface area contributed by atoms with Crippen molar-refractivity contribution in [1.29, 1.82) is 0 Å². The molecule has 0 fully saturated rings. The van der Waals surface area contributed by atoms with Crippen molar-refractivity contribution in [2.24, 2.45) is 0 Å². The Bertz CT molecular complexity index is 346. The van der Waals surface area contributed by atoms with Crippen LogP contribution in [-0.4, -0.2) is 36.8 Å². The van der Waals surface area contributed by atoms with Gasteiger partial charge in [0.15, 0.2) is 5.03 Å². The van der Waals surface area contributed by atoms with Crippen molar-refractivity contribution in [1.82, 2.24) is 14.3 Å². The van der Waals surface area contributed by atoms with E-state index >= 15 is 0 Å². The smallest absolute Gasteiger partial charge is 0.260 e. The third-order valence-corrected chi connectivity index (χ3v) is 2.99. The van der Waals surface area contributed by atoms with Gasteiger partial charge in [-0.15, -0.1) is 0 Å². The summed E-state index contributed by atoms with van der Waals surface area (Å²) in [5.41, 5.74) is 0. The first-order valence-corrected chi connectivity index (χ1v) is 4.67. The molecular formula is C6H9N3O2S. The minimum Gasteiger partial charge on any atom is -0.260 e. The molecule has 0 aliphatic rings. The number of nitrogens with zero attached hydrogens (tertiary/aromatic N) is 3. The lowest BCUT2D eigenvalue weighted by atomic mass is 10.8. The van der Waals surface area contributed by atoms with Crippen molar-refractivity contribution >= 4 is 10.0 Å². The maximum atomic E-state index is 11.4. The van der Waals surface area contributed by atoms with Crippen molar-refractivity contribution in [3.8, 4) is 0 Å². The fraction of sp³-hybridized carbons (Fsp3) is 0.333. The first-order chi connectivity index (χ1) is 5.55. The summed E-state index contributed by atoms with van der Waals surface area (Å²) in [6, 6.07) is 0. The van der Waals surface area contributed by atoms with E-state index < -0.39 is 10.0 Å². The summed E-state index contributed by atoms with van der Waals surface area (Å²) in [6.45, 7) is 0. The lowest BCUT2D eigenvalue weighted by molar-refractivity contribution is 0.516. The molecule has 0 saturated heterocycles. The van der Waals surface area contributed by atoms with Gasteiger partial charge in [0, 0.05) is 26.5 Å². The van der Waals surface area contributed by atoms with Gasteiger partial charge in [-0.05, 0) is 0 Å². The quantitative estimate of drug-likeness (QED) is 0.639. The highest BCUT2D eigenvalue weighted by Crippen LogP contribution is 2.06. The van der Waals surface area contributed by atoms with E-state index in [-0.39, 0.29) is 5.03 Å². The third kappa shape index (κ3) is 1.59. The van der Waals surface area contributed by atoms with E-state index in [1.165, 1.54) is 32.7 Å². The van der Waals surface area contributed by atoms with Crippen LogP contribution < -0.4 is 0 Å². The lowest BCUT2D eigenvalue weighted by Gasteiger charge is -2.08. The van der Waals surface area contributed by atoms with Crippen LogP contribution in [0.4, 0.5) is 0 Å². The van der Waals surface area contributed by atoms with Gasteiger partial charge in [-0.3, -0.25) is 4.98 Å². The van der Waals surface area contributed by atoms with Crippen molar-refractivity contribution in [3.63, 3.8) is 0 Å². The van der Waals surface area contributed by atoms with Crippen LogP contribution >= 0.6 is 0 Å². The molecule has 1 rings (SSSR count). The molecule has 0 unspecified atom stereocenters. The van der Waals surface area contributed by atoms with Gasteiger partial charge in [0.2, 0.25) is 0 Å². The molecule has 0 radical (unpaired) electrons. The molecule has 12 heavy (non-hydrogen) atoms. The second-order valence-electron chi connectivity index (χ2n) is 2.33. The van der Waals surface area contributed by atoms with E-state index in [0.717, 1.165) is 4.31 Å². The molecule has 1 heterocycles. The van der Waals surface area contributed by atoms with E-state index in [1.54, 1.807) is 0 Å². The zero-order valence-electron chi connectivity index (χ0n) is 6.80. The minimum atomic E-state index is -3.42. The number of rotatable bonds is 2. The lowest BCUT2D eigenvalue weighted by Crippen LogP contribution is -2.23. The molecule has 0 atom stereocenters. The van der Waals surface area contributed by atoms with Gasteiger partial charge in [0.25, 0.3) is 10.0 Å². The average Bonchev–Trinajstić information content (AvgIpc) is 2.06. The van der Waals surface area contributed by atoms with Crippen LogP contribution in [0.3, 0.4) is 0 Å². The van der Waals surface area contributed by atoms with Crippen molar-refractivity contribution in [2.75, 3.05) is 14.1 Å². The molecule has 5 nitrogen and oxygen atoms in total. The number of hydrogen-bond acceptors (Lipinski definition) is 4. The molecule has 1 aromatic rings. The second kappa shape index (κ2) is 3.16. The highest BCUT2D eigenvalue weighted by atomic mass is 32.2. The van der Waals surface area contributed by atoms with Crippen LogP contribution in [0.5, 0.6) is 0 Å². The Labute approximate surface area is 71.1 Å². The third-order valence-electron chi connectivity index (χ3n) is 1.28. The summed E-state index contributed by atoms with van der Waals surface area (Å²) < 4.78 is 23.8. The Kier molecular flexibility index (Phi) is 2.39. The SMILES string of the molecule is CN(C)S(=O)(=O)c1cnccn1. The van der Waals surface area contributed by atoms with E-state index in [0.29, 0.717) is 0 Å². The summed E-state index contributed by atoms with van der Waals surface area (Å²) in [4.78, 5) is 7.34. The van der Waals surface area contributed by atoms with Crippen molar-refractivity contribution in [3.05, 3.63) is 18.6 Å². The largest absolute Gasteiger partial charge is 0.261 e. The fourth-order valence-electron chi connectivity index (χ4n) is 0.606. The predicted octanol–water partition coefficient (Wildman–Crippen LogP) is -0.273. The molecule has 1 aromatic heterocycles. The minimum absolute atomic E-state index is 0.0324. The van der Waals surface area contributed by atoms with Gasteiger partial charge in [-0.2, -0.15) is 0 Å². The summed E-state index contributed by atoms with van der Waals surface area (Å²) in [5.74, 6) is 0. The Balaban J connectivity index is 3.17. The highest BCUT2D eigenvalue weighted by Gasteiger charge is 2.17. The first kappa shape index (κ1) is 9.08. The standard InChI is InChI=1S/C6H9N3O2S/c1-9(2)12(10,11)6-5-7-3-4-8-6/h3-5H,1-2H3. The molecule has 0 amide bonds. The zero-order valence-corrected chi connectivity index (χ0v) is 7.61. The van der Waals surface area contributed by atoms with Crippen LogP contribution in [0.2, 0.25) is 0 Å². The predicted molar refractivity (Wildman–Crippen MR) is 42.9 cm³/mol. The van der Waals surface area contributed by atoms with Crippen LogP contribution in [0.15, 0.2) is 23.6 Å². The molecule has 0 saturated carbocycles. The monoisotopic (exact) mass is 187 g/mol. The van der Waals surface area contributed by atoms with Gasteiger partial charge >= 0.3 is 0 Å². The van der Waals surface area contributed by atoms with Crippen LogP contribution in [0.1, 0.15) is 0 Å². The highest BCUT2D eigenvalue weighted by molar-refractivity contribution is 7.89. The van der Waals surface area contributed by atoms with Crippen LogP contribution in [0, 0.1) is 0 Å². The van der Waals surface area contributed by atoms with E-state index in [1.807, 2.05) is 0 Å². The Morgan fingerprint density at radius 1 is 1.33 bits per heavy atom. The average molecular weight is 187 g/mol. The Morgan fingerprint density at radius 3 is 2.42 bits per heavy atom. The summed E-state index contributed by atoms with van der Waals surface area (Å²) in [6.07, 6.45) is 3.99. The van der Waals surface area contributed by atoms with Gasteiger partial charge in [0.05, 0.1) is 6.20 Å². The van der Waals surface area contributed by atoms with Crippen molar-refractivity contribution in [2.45, 2.75) is 5.03 Å². The van der Waals surface area contributed by atoms with E-state index in [4.69, 9.17) is 0 Å². The molecule has 0 aliphatic carbocycles. The Morgan fingerprint density at radius 2 is 2.00 bits per heavy atom. The number of hydrogen-bond donors (Lipinski definition) is 0. The molecule has 0 aromatic carbocycles. The number of aromatic nitrogens is 2. The summed E-state index contributed by atoms with van der Waals surface area (Å²) in [5, 5.41) is -0.0324. The first-order valence-electron chi connectivity index (χ1n) is 3.23. The summed E-state index contributed by atoms with van der Waals surface area (Å²) >= 11 is 0. The second-order valence-corrected chi connectivity index (χ2v) is 4.43. The van der Waals surface area contributed by atoms with Gasteiger partial charge < -0.3 is 0 Å². The summed E-state index contributed by atoms with van der Waals surface area (Å²) in [7, 11) is -0.520. The maximum Gasteiger partial charge on any atom is 0.261 e.